The second-order valence-electron chi connectivity index (χ2n) is 3.26. The summed E-state index contributed by atoms with van der Waals surface area (Å²) in [7, 11) is 0. The number of carbonyl (C=O) groups excluding carboxylic acids is 1. The molecule has 0 saturated heterocycles. The predicted octanol–water partition coefficient (Wildman–Crippen LogP) is 1.22. The lowest BCUT2D eigenvalue weighted by molar-refractivity contribution is -0.159. The van der Waals surface area contributed by atoms with Gasteiger partial charge in [-0.2, -0.15) is 13.2 Å². The van der Waals surface area contributed by atoms with Gasteiger partial charge in [0.15, 0.2) is 6.04 Å². The maximum atomic E-state index is 12.1. The van der Waals surface area contributed by atoms with Crippen molar-refractivity contribution >= 4 is 11.6 Å². The Balaban J connectivity index is 2.72. The van der Waals surface area contributed by atoms with Gasteiger partial charge in [-0.15, -0.1) is 0 Å². The van der Waals surface area contributed by atoms with Gasteiger partial charge in [-0.1, -0.05) is 0 Å². The van der Waals surface area contributed by atoms with E-state index in [0.29, 0.717) is 0 Å². The highest BCUT2D eigenvalue weighted by Crippen LogP contribution is 2.19. The third-order valence-electron chi connectivity index (χ3n) is 1.78. The van der Waals surface area contributed by atoms with Crippen molar-refractivity contribution in [3.8, 4) is 0 Å². The third kappa shape index (κ3) is 3.20. The number of nitrogens with zero attached hydrogens (tertiary/aromatic N) is 1. The van der Waals surface area contributed by atoms with Gasteiger partial charge < -0.3 is 11.1 Å². The van der Waals surface area contributed by atoms with Crippen LogP contribution in [0, 0.1) is 6.92 Å². The highest BCUT2D eigenvalue weighted by molar-refractivity contribution is 5.95. The summed E-state index contributed by atoms with van der Waals surface area (Å²) in [5, 5.41) is 2.04. The first-order chi connectivity index (χ1) is 7.30. The number of alkyl halides is 3. The lowest BCUT2D eigenvalue weighted by Crippen LogP contribution is -2.47. The molecule has 0 aliphatic carbocycles. The second kappa shape index (κ2) is 4.48. The van der Waals surface area contributed by atoms with E-state index in [9.17, 15) is 18.0 Å². The van der Waals surface area contributed by atoms with E-state index in [2.05, 4.69) is 4.98 Å². The Morgan fingerprint density at radius 1 is 1.50 bits per heavy atom. The summed E-state index contributed by atoms with van der Waals surface area (Å²) in [6.45, 7) is 1.70. The molecule has 1 unspecified atom stereocenters. The number of rotatable bonds is 2. The standard InChI is InChI=1S/C9H10F3N3O/c1-5-2-6(4-14-3-5)15-8(16)7(13)9(10,11)12/h2-4,7H,13H2,1H3,(H,15,16). The third-order valence-corrected chi connectivity index (χ3v) is 1.78. The molecule has 1 amide bonds. The van der Waals surface area contributed by atoms with Crippen molar-refractivity contribution in [1.82, 2.24) is 4.98 Å². The zero-order valence-corrected chi connectivity index (χ0v) is 8.38. The van der Waals surface area contributed by atoms with Gasteiger partial charge in [0.25, 0.3) is 5.91 Å². The molecule has 1 aromatic heterocycles. The molecule has 0 spiro atoms. The number of nitrogens with two attached hydrogens (primary N) is 1. The first-order valence-electron chi connectivity index (χ1n) is 4.35. The first-order valence-corrected chi connectivity index (χ1v) is 4.35. The van der Waals surface area contributed by atoms with E-state index < -0.39 is 18.1 Å². The van der Waals surface area contributed by atoms with Crippen molar-refractivity contribution in [3.63, 3.8) is 0 Å². The van der Waals surface area contributed by atoms with E-state index in [1.54, 1.807) is 6.92 Å². The van der Waals surface area contributed by atoms with Gasteiger partial charge in [0, 0.05) is 6.20 Å². The Bertz CT molecular complexity index is 392. The van der Waals surface area contributed by atoms with Gasteiger partial charge in [0.2, 0.25) is 0 Å². The molecule has 7 heteroatoms. The molecule has 1 heterocycles. The van der Waals surface area contributed by atoms with Crippen LogP contribution in [-0.4, -0.2) is 23.1 Å². The monoisotopic (exact) mass is 233 g/mol. The molecule has 0 aliphatic heterocycles. The Morgan fingerprint density at radius 3 is 2.62 bits per heavy atom. The average Bonchev–Trinajstić information content (AvgIpc) is 2.15. The summed E-state index contributed by atoms with van der Waals surface area (Å²) in [6.07, 6.45) is -1.99. The molecule has 1 aromatic rings. The number of aromatic nitrogens is 1. The smallest absolute Gasteiger partial charge is 0.323 e. The predicted molar refractivity (Wildman–Crippen MR) is 51.6 cm³/mol. The molecule has 0 radical (unpaired) electrons. The highest BCUT2D eigenvalue weighted by Gasteiger charge is 2.42. The van der Waals surface area contributed by atoms with Crippen molar-refractivity contribution in [1.29, 1.82) is 0 Å². The minimum absolute atomic E-state index is 0.185. The minimum atomic E-state index is -4.75. The summed E-state index contributed by atoms with van der Waals surface area (Å²) >= 11 is 0. The van der Waals surface area contributed by atoms with E-state index in [1.165, 1.54) is 18.5 Å². The fourth-order valence-corrected chi connectivity index (χ4v) is 0.992. The fourth-order valence-electron chi connectivity index (χ4n) is 0.992. The lowest BCUT2D eigenvalue weighted by Gasteiger charge is -2.15. The minimum Gasteiger partial charge on any atom is -0.323 e. The van der Waals surface area contributed by atoms with Crippen LogP contribution in [0.5, 0.6) is 0 Å². The molecule has 0 fully saturated rings. The van der Waals surface area contributed by atoms with Gasteiger partial charge in [-0.25, -0.2) is 0 Å². The number of anilines is 1. The zero-order valence-electron chi connectivity index (χ0n) is 8.38. The maximum Gasteiger partial charge on any atom is 0.412 e. The molecule has 1 rings (SSSR count). The quantitative estimate of drug-likeness (QED) is 0.806. The molecular weight excluding hydrogens is 223 g/mol. The number of carbonyl (C=O) groups is 1. The van der Waals surface area contributed by atoms with Gasteiger partial charge in [0.1, 0.15) is 0 Å². The molecule has 0 saturated carbocycles. The Kier molecular flexibility index (Phi) is 3.48. The fraction of sp³-hybridized carbons (Fsp3) is 0.333. The van der Waals surface area contributed by atoms with Crippen LogP contribution in [0.2, 0.25) is 0 Å². The van der Waals surface area contributed by atoms with E-state index in [-0.39, 0.29) is 5.69 Å². The normalized spacial score (nSPS) is 13.3. The van der Waals surface area contributed by atoms with Crippen molar-refractivity contribution in [2.24, 2.45) is 5.73 Å². The molecule has 4 nitrogen and oxygen atoms in total. The van der Waals surface area contributed by atoms with Crippen LogP contribution in [0.1, 0.15) is 5.56 Å². The topological polar surface area (TPSA) is 68.0 Å². The summed E-state index contributed by atoms with van der Waals surface area (Å²) < 4.78 is 36.2. The number of hydrogen-bond acceptors (Lipinski definition) is 3. The number of hydrogen-bond donors (Lipinski definition) is 2. The van der Waals surface area contributed by atoms with E-state index >= 15 is 0 Å². The van der Waals surface area contributed by atoms with E-state index in [4.69, 9.17) is 5.73 Å². The summed E-state index contributed by atoms with van der Waals surface area (Å²) in [4.78, 5) is 14.8. The van der Waals surface area contributed by atoms with Crippen LogP contribution in [0.3, 0.4) is 0 Å². The Labute approximate surface area is 89.7 Å². The second-order valence-corrected chi connectivity index (χ2v) is 3.26. The number of amides is 1. The van der Waals surface area contributed by atoms with Gasteiger partial charge in [-0.3, -0.25) is 9.78 Å². The van der Waals surface area contributed by atoms with Crippen LogP contribution in [0.4, 0.5) is 18.9 Å². The zero-order chi connectivity index (χ0) is 12.3. The first kappa shape index (κ1) is 12.4. The van der Waals surface area contributed by atoms with E-state index in [0.717, 1.165) is 5.56 Å². The van der Waals surface area contributed by atoms with E-state index in [1.807, 2.05) is 5.32 Å². The van der Waals surface area contributed by atoms with Crippen molar-refractivity contribution in [2.45, 2.75) is 19.1 Å². The van der Waals surface area contributed by atoms with Gasteiger partial charge >= 0.3 is 6.18 Å². The van der Waals surface area contributed by atoms with Crippen molar-refractivity contribution in [3.05, 3.63) is 24.0 Å². The largest absolute Gasteiger partial charge is 0.412 e. The lowest BCUT2D eigenvalue weighted by atomic mass is 10.2. The Morgan fingerprint density at radius 2 is 2.12 bits per heavy atom. The van der Waals surface area contributed by atoms with Gasteiger partial charge in [-0.05, 0) is 18.6 Å². The van der Waals surface area contributed by atoms with Crippen molar-refractivity contribution in [2.75, 3.05) is 5.32 Å². The van der Waals surface area contributed by atoms with Crippen LogP contribution < -0.4 is 11.1 Å². The molecule has 88 valence electrons. The number of halogens is 3. The molecule has 0 bridgehead atoms. The molecular formula is C9H10F3N3O. The average molecular weight is 233 g/mol. The Hall–Kier alpha value is -1.63. The van der Waals surface area contributed by atoms with Crippen LogP contribution in [0.25, 0.3) is 0 Å². The summed E-state index contributed by atoms with van der Waals surface area (Å²) in [6, 6.07) is -1.04. The SMILES string of the molecule is Cc1cncc(NC(=O)C(N)C(F)(F)F)c1. The summed E-state index contributed by atoms with van der Waals surface area (Å²) in [5.74, 6) is -1.31. The molecule has 1 atom stereocenters. The molecule has 16 heavy (non-hydrogen) atoms. The number of pyridine rings is 1. The number of nitrogens with one attached hydrogen (secondary N) is 1. The van der Waals surface area contributed by atoms with Crippen LogP contribution >= 0.6 is 0 Å². The maximum absolute atomic E-state index is 12.1. The summed E-state index contributed by atoms with van der Waals surface area (Å²) in [5.41, 5.74) is 5.63. The number of aryl methyl sites for hydroxylation is 1. The van der Waals surface area contributed by atoms with Crippen molar-refractivity contribution < 1.29 is 18.0 Å². The van der Waals surface area contributed by atoms with Crippen LogP contribution in [0.15, 0.2) is 18.5 Å². The van der Waals surface area contributed by atoms with Gasteiger partial charge in [0.05, 0.1) is 11.9 Å². The highest BCUT2D eigenvalue weighted by atomic mass is 19.4. The molecule has 3 N–H and O–H groups in total. The molecule has 0 aliphatic rings. The molecule has 0 aromatic carbocycles. The van der Waals surface area contributed by atoms with Crippen LogP contribution in [-0.2, 0) is 4.79 Å².